The topological polar surface area (TPSA) is 20.3 Å². The van der Waals surface area contributed by atoms with Crippen LogP contribution in [0.4, 0.5) is 5.69 Å². The SMILES string of the molecule is C=C1c2ccccc2N(C(C)=O)C1CC. The number of carbonyl (C=O) groups excluding carboxylic acids is 1. The molecule has 2 nitrogen and oxygen atoms in total. The van der Waals surface area contributed by atoms with Crippen LogP contribution in [0.3, 0.4) is 0 Å². The maximum atomic E-state index is 11.6. The smallest absolute Gasteiger partial charge is 0.224 e. The molecule has 2 rings (SSSR count). The number of hydrogen-bond donors (Lipinski definition) is 0. The summed E-state index contributed by atoms with van der Waals surface area (Å²) in [5, 5.41) is 0. The molecule has 15 heavy (non-hydrogen) atoms. The second-order valence-corrected chi connectivity index (χ2v) is 3.86. The molecule has 1 aromatic carbocycles. The highest BCUT2D eigenvalue weighted by molar-refractivity contribution is 6.03. The van der Waals surface area contributed by atoms with Crippen LogP contribution in [0.25, 0.3) is 5.57 Å². The number of para-hydroxylation sites is 1. The van der Waals surface area contributed by atoms with Gasteiger partial charge in [-0.05, 0) is 18.1 Å². The Morgan fingerprint density at radius 1 is 1.47 bits per heavy atom. The maximum absolute atomic E-state index is 11.6. The molecule has 1 heterocycles. The monoisotopic (exact) mass is 201 g/mol. The Morgan fingerprint density at radius 3 is 2.73 bits per heavy atom. The van der Waals surface area contributed by atoms with Crippen molar-refractivity contribution in [3.05, 3.63) is 36.4 Å². The molecule has 0 bridgehead atoms. The third-order valence-corrected chi connectivity index (χ3v) is 2.95. The van der Waals surface area contributed by atoms with Crippen molar-refractivity contribution >= 4 is 17.2 Å². The van der Waals surface area contributed by atoms with Crippen LogP contribution in [-0.2, 0) is 4.79 Å². The molecule has 1 amide bonds. The standard InChI is InChI=1S/C13H15NO/c1-4-12-9(2)11-7-5-6-8-13(11)14(12)10(3)15/h5-8,12H,2,4H2,1,3H3. The molecule has 1 aliphatic rings. The Kier molecular flexibility index (Phi) is 2.35. The third-order valence-electron chi connectivity index (χ3n) is 2.95. The zero-order valence-electron chi connectivity index (χ0n) is 9.16. The maximum Gasteiger partial charge on any atom is 0.224 e. The summed E-state index contributed by atoms with van der Waals surface area (Å²) in [5.74, 6) is 0.0907. The lowest BCUT2D eigenvalue weighted by Gasteiger charge is -2.23. The number of benzene rings is 1. The quantitative estimate of drug-likeness (QED) is 0.684. The van der Waals surface area contributed by atoms with Gasteiger partial charge in [-0.25, -0.2) is 0 Å². The molecule has 0 spiro atoms. The molecule has 1 aliphatic heterocycles. The van der Waals surface area contributed by atoms with Crippen LogP contribution in [0.2, 0.25) is 0 Å². The number of nitrogens with zero attached hydrogens (tertiary/aromatic N) is 1. The van der Waals surface area contributed by atoms with E-state index in [1.165, 1.54) is 0 Å². The summed E-state index contributed by atoms with van der Waals surface area (Å²) in [7, 11) is 0. The molecule has 0 aliphatic carbocycles. The lowest BCUT2D eigenvalue weighted by atomic mass is 10.0. The number of carbonyl (C=O) groups is 1. The zero-order chi connectivity index (χ0) is 11.0. The van der Waals surface area contributed by atoms with E-state index in [0.717, 1.165) is 23.2 Å². The third kappa shape index (κ3) is 1.37. The van der Waals surface area contributed by atoms with Crippen molar-refractivity contribution in [1.82, 2.24) is 0 Å². The summed E-state index contributed by atoms with van der Waals surface area (Å²) in [6, 6.07) is 8.10. The summed E-state index contributed by atoms with van der Waals surface area (Å²) >= 11 is 0. The Morgan fingerprint density at radius 2 is 2.13 bits per heavy atom. The second kappa shape index (κ2) is 3.54. The second-order valence-electron chi connectivity index (χ2n) is 3.86. The Hall–Kier alpha value is -1.57. The first-order valence-electron chi connectivity index (χ1n) is 5.24. The number of hydrogen-bond acceptors (Lipinski definition) is 1. The van der Waals surface area contributed by atoms with Gasteiger partial charge in [0.25, 0.3) is 0 Å². The lowest BCUT2D eigenvalue weighted by Crippen LogP contribution is -2.34. The Balaban J connectivity index is 2.55. The van der Waals surface area contributed by atoms with Gasteiger partial charge in [-0.3, -0.25) is 4.79 Å². The van der Waals surface area contributed by atoms with E-state index >= 15 is 0 Å². The first kappa shape index (κ1) is 9.97. The molecule has 2 heteroatoms. The van der Waals surface area contributed by atoms with Crippen molar-refractivity contribution in [2.24, 2.45) is 0 Å². The predicted octanol–water partition coefficient (Wildman–Crippen LogP) is 2.84. The van der Waals surface area contributed by atoms with Crippen LogP contribution in [0.1, 0.15) is 25.8 Å². The van der Waals surface area contributed by atoms with Gasteiger partial charge >= 0.3 is 0 Å². The molecule has 0 saturated heterocycles. The highest BCUT2D eigenvalue weighted by Gasteiger charge is 2.33. The molecule has 1 aromatic rings. The van der Waals surface area contributed by atoms with E-state index in [9.17, 15) is 4.79 Å². The van der Waals surface area contributed by atoms with Gasteiger partial charge in [-0.1, -0.05) is 31.7 Å². The number of amides is 1. The molecule has 0 aromatic heterocycles. The molecule has 0 saturated carbocycles. The van der Waals surface area contributed by atoms with Gasteiger partial charge in [0.2, 0.25) is 5.91 Å². The van der Waals surface area contributed by atoms with Crippen molar-refractivity contribution in [3.63, 3.8) is 0 Å². The summed E-state index contributed by atoms with van der Waals surface area (Å²) in [6.07, 6.45) is 0.910. The van der Waals surface area contributed by atoms with Gasteiger partial charge in [0.1, 0.15) is 0 Å². The summed E-state index contributed by atoms with van der Waals surface area (Å²) in [4.78, 5) is 13.5. The summed E-state index contributed by atoms with van der Waals surface area (Å²) in [5.41, 5.74) is 3.17. The van der Waals surface area contributed by atoms with Crippen molar-refractivity contribution < 1.29 is 4.79 Å². The highest BCUT2D eigenvalue weighted by atomic mass is 16.2. The average molecular weight is 201 g/mol. The highest BCUT2D eigenvalue weighted by Crippen LogP contribution is 2.40. The van der Waals surface area contributed by atoms with E-state index in [-0.39, 0.29) is 11.9 Å². The summed E-state index contributed by atoms with van der Waals surface area (Å²) in [6.45, 7) is 7.78. The van der Waals surface area contributed by atoms with Gasteiger partial charge in [-0.15, -0.1) is 0 Å². The fourth-order valence-corrected chi connectivity index (χ4v) is 2.28. The first-order chi connectivity index (χ1) is 7.16. The van der Waals surface area contributed by atoms with Gasteiger partial charge in [0.15, 0.2) is 0 Å². The number of anilines is 1. The van der Waals surface area contributed by atoms with Crippen LogP contribution in [0.15, 0.2) is 30.8 Å². The molecule has 0 N–H and O–H groups in total. The Bertz CT molecular complexity index is 422. The normalized spacial score (nSPS) is 19.2. The number of fused-ring (bicyclic) bond motifs is 1. The van der Waals surface area contributed by atoms with Gasteiger partial charge in [-0.2, -0.15) is 0 Å². The van der Waals surface area contributed by atoms with Gasteiger partial charge in [0.05, 0.1) is 11.7 Å². The zero-order valence-corrected chi connectivity index (χ0v) is 9.16. The van der Waals surface area contributed by atoms with Crippen LogP contribution >= 0.6 is 0 Å². The van der Waals surface area contributed by atoms with Crippen molar-refractivity contribution in [2.45, 2.75) is 26.3 Å². The van der Waals surface area contributed by atoms with Crippen molar-refractivity contribution in [3.8, 4) is 0 Å². The van der Waals surface area contributed by atoms with Crippen LogP contribution < -0.4 is 4.90 Å². The summed E-state index contributed by atoms with van der Waals surface area (Å²) < 4.78 is 0. The molecule has 0 radical (unpaired) electrons. The fourth-order valence-electron chi connectivity index (χ4n) is 2.28. The van der Waals surface area contributed by atoms with E-state index in [4.69, 9.17) is 0 Å². The molecule has 78 valence electrons. The van der Waals surface area contributed by atoms with E-state index in [1.807, 2.05) is 29.2 Å². The van der Waals surface area contributed by atoms with Crippen molar-refractivity contribution in [2.75, 3.05) is 4.90 Å². The molecular weight excluding hydrogens is 186 g/mol. The van der Waals surface area contributed by atoms with Gasteiger partial charge < -0.3 is 4.90 Å². The average Bonchev–Trinajstić information content (AvgIpc) is 2.52. The number of rotatable bonds is 1. The van der Waals surface area contributed by atoms with Crippen LogP contribution in [0, 0.1) is 0 Å². The predicted molar refractivity (Wildman–Crippen MR) is 62.7 cm³/mol. The molecule has 1 atom stereocenters. The van der Waals surface area contributed by atoms with E-state index < -0.39 is 0 Å². The van der Waals surface area contributed by atoms with E-state index in [0.29, 0.717) is 0 Å². The van der Waals surface area contributed by atoms with Crippen molar-refractivity contribution in [1.29, 1.82) is 0 Å². The first-order valence-corrected chi connectivity index (χ1v) is 5.24. The molecular formula is C13H15NO. The fraction of sp³-hybridized carbons (Fsp3) is 0.308. The molecule has 0 fully saturated rings. The van der Waals surface area contributed by atoms with E-state index in [1.54, 1.807) is 6.92 Å². The minimum Gasteiger partial charge on any atom is -0.305 e. The molecule has 1 unspecified atom stereocenters. The van der Waals surface area contributed by atoms with Gasteiger partial charge in [0, 0.05) is 12.5 Å². The minimum absolute atomic E-state index is 0.0907. The van der Waals surface area contributed by atoms with E-state index in [2.05, 4.69) is 13.5 Å². The minimum atomic E-state index is 0.0907. The lowest BCUT2D eigenvalue weighted by molar-refractivity contribution is -0.116. The Labute approximate surface area is 90.2 Å². The van der Waals surface area contributed by atoms with Crippen LogP contribution in [0.5, 0.6) is 0 Å². The largest absolute Gasteiger partial charge is 0.305 e. The van der Waals surface area contributed by atoms with Crippen LogP contribution in [-0.4, -0.2) is 11.9 Å².